The fraction of sp³-hybridized carbons (Fsp3) is 0.200. The van der Waals surface area contributed by atoms with Crippen LogP contribution in [0, 0.1) is 0 Å². The Morgan fingerprint density at radius 1 is 1.11 bits per heavy atom. The van der Waals surface area contributed by atoms with Gasteiger partial charge in [-0.2, -0.15) is 0 Å². The minimum absolute atomic E-state index is 0.451. The molecule has 0 saturated carbocycles. The zero-order valence-electron chi connectivity index (χ0n) is 10.5. The second-order valence-electron chi connectivity index (χ2n) is 3.99. The Bertz CT molecular complexity index is 558. The van der Waals surface area contributed by atoms with Gasteiger partial charge in [0.2, 0.25) is 0 Å². The van der Waals surface area contributed by atoms with E-state index in [-0.39, 0.29) is 0 Å². The summed E-state index contributed by atoms with van der Waals surface area (Å²) in [5.74, 6) is 2.08. The number of methoxy groups -OCH3 is 1. The van der Waals surface area contributed by atoms with Crippen LogP contribution in [0.25, 0.3) is 0 Å². The Kier molecular flexibility index (Phi) is 5.11. The minimum Gasteiger partial charge on any atom is -0.496 e. The lowest BCUT2D eigenvalue weighted by atomic mass is 10.2. The molecule has 0 spiro atoms. The zero-order valence-corrected chi connectivity index (χ0v) is 12.9. The highest BCUT2D eigenvalue weighted by molar-refractivity contribution is 9.10. The molecule has 0 heterocycles. The number of halogens is 2. The molecule has 0 fully saturated rings. The number of para-hydroxylation sites is 1. The molecule has 2 aromatic carbocycles. The Balaban J connectivity index is 2.10. The van der Waals surface area contributed by atoms with Crippen molar-refractivity contribution in [3.8, 4) is 11.5 Å². The van der Waals surface area contributed by atoms with Gasteiger partial charge in [0.1, 0.15) is 18.1 Å². The van der Waals surface area contributed by atoms with E-state index in [9.17, 15) is 0 Å². The van der Waals surface area contributed by atoms with Crippen LogP contribution >= 0.6 is 27.5 Å². The van der Waals surface area contributed by atoms with Crippen molar-refractivity contribution in [2.75, 3.05) is 7.11 Å². The fourth-order valence-corrected chi connectivity index (χ4v) is 2.50. The van der Waals surface area contributed by atoms with E-state index in [4.69, 9.17) is 21.1 Å². The largest absolute Gasteiger partial charge is 0.496 e. The molecule has 4 heteroatoms. The Labute approximate surface area is 126 Å². The first kappa shape index (κ1) is 14.2. The number of hydrogen-bond donors (Lipinski definition) is 0. The first-order valence-electron chi connectivity index (χ1n) is 5.83. The number of hydrogen-bond acceptors (Lipinski definition) is 2. The molecule has 2 nitrogen and oxygen atoms in total. The Morgan fingerprint density at radius 3 is 2.63 bits per heavy atom. The van der Waals surface area contributed by atoms with Gasteiger partial charge in [0.25, 0.3) is 0 Å². The predicted molar refractivity (Wildman–Crippen MR) is 81.0 cm³/mol. The molecule has 0 saturated heterocycles. The van der Waals surface area contributed by atoms with Crippen LogP contribution in [0.1, 0.15) is 11.1 Å². The van der Waals surface area contributed by atoms with E-state index in [1.807, 2.05) is 42.5 Å². The number of ether oxygens (including phenoxy) is 2. The molecule has 0 aliphatic heterocycles. The van der Waals surface area contributed by atoms with Gasteiger partial charge >= 0.3 is 0 Å². The van der Waals surface area contributed by atoms with E-state index < -0.39 is 0 Å². The lowest BCUT2D eigenvalue weighted by Crippen LogP contribution is -1.99. The van der Waals surface area contributed by atoms with Crippen LogP contribution in [-0.2, 0) is 12.5 Å². The summed E-state index contributed by atoms with van der Waals surface area (Å²) in [5.41, 5.74) is 2.03. The van der Waals surface area contributed by atoms with Gasteiger partial charge in [0, 0.05) is 15.9 Å². The highest BCUT2D eigenvalue weighted by Gasteiger charge is 2.05. The molecule has 0 amide bonds. The third-order valence-electron chi connectivity index (χ3n) is 2.75. The van der Waals surface area contributed by atoms with Gasteiger partial charge in [-0.1, -0.05) is 34.1 Å². The fourth-order valence-electron chi connectivity index (χ4n) is 1.73. The minimum atomic E-state index is 0.451. The van der Waals surface area contributed by atoms with Crippen LogP contribution in [0.4, 0.5) is 0 Å². The highest BCUT2D eigenvalue weighted by Crippen LogP contribution is 2.25. The smallest absolute Gasteiger partial charge is 0.125 e. The molecule has 0 radical (unpaired) electrons. The normalized spacial score (nSPS) is 10.3. The number of rotatable bonds is 5. The lowest BCUT2D eigenvalue weighted by molar-refractivity contribution is 0.296. The topological polar surface area (TPSA) is 18.5 Å². The molecule has 0 aromatic heterocycles. The van der Waals surface area contributed by atoms with Crippen molar-refractivity contribution in [2.45, 2.75) is 12.5 Å². The SMILES string of the molecule is COc1ccccc1COc1ccc(Br)c(CCl)c1. The van der Waals surface area contributed by atoms with Crippen LogP contribution in [-0.4, -0.2) is 7.11 Å². The molecule has 0 aliphatic carbocycles. The van der Waals surface area contributed by atoms with Crippen LogP contribution in [0.3, 0.4) is 0 Å². The van der Waals surface area contributed by atoms with E-state index in [0.717, 1.165) is 27.1 Å². The first-order valence-corrected chi connectivity index (χ1v) is 7.16. The first-order chi connectivity index (χ1) is 9.24. The van der Waals surface area contributed by atoms with Crippen molar-refractivity contribution in [2.24, 2.45) is 0 Å². The van der Waals surface area contributed by atoms with E-state index in [0.29, 0.717) is 12.5 Å². The second kappa shape index (κ2) is 6.83. The van der Waals surface area contributed by atoms with Gasteiger partial charge < -0.3 is 9.47 Å². The summed E-state index contributed by atoms with van der Waals surface area (Å²) in [7, 11) is 1.66. The van der Waals surface area contributed by atoms with Crippen molar-refractivity contribution < 1.29 is 9.47 Å². The third kappa shape index (κ3) is 3.64. The van der Waals surface area contributed by atoms with E-state index >= 15 is 0 Å². The lowest BCUT2D eigenvalue weighted by Gasteiger charge is -2.11. The molecule has 0 unspecified atom stereocenters. The van der Waals surface area contributed by atoms with Crippen LogP contribution in [0.15, 0.2) is 46.9 Å². The highest BCUT2D eigenvalue weighted by atomic mass is 79.9. The molecule has 0 bridgehead atoms. The summed E-state index contributed by atoms with van der Waals surface area (Å²) in [5, 5.41) is 0. The van der Waals surface area contributed by atoms with Crippen LogP contribution < -0.4 is 9.47 Å². The van der Waals surface area contributed by atoms with Crippen LogP contribution in [0.2, 0.25) is 0 Å². The van der Waals surface area contributed by atoms with Gasteiger partial charge in [0.15, 0.2) is 0 Å². The zero-order chi connectivity index (χ0) is 13.7. The number of benzene rings is 2. The Hall–Kier alpha value is -1.19. The third-order valence-corrected chi connectivity index (χ3v) is 3.81. The monoisotopic (exact) mass is 340 g/mol. The summed E-state index contributed by atoms with van der Waals surface area (Å²) in [4.78, 5) is 0. The molecule has 2 rings (SSSR count). The van der Waals surface area contributed by atoms with Gasteiger partial charge in [-0.15, -0.1) is 11.6 Å². The molecular weight excluding hydrogens is 328 g/mol. The maximum atomic E-state index is 5.86. The van der Waals surface area contributed by atoms with Crippen molar-refractivity contribution in [1.29, 1.82) is 0 Å². The molecular formula is C15H14BrClO2. The maximum absolute atomic E-state index is 5.86. The molecule has 2 aromatic rings. The van der Waals surface area contributed by atoms with Gasteiger partial charge in [0.05, 0.1) is 7.11 Å². The van der Waals surface area contributed by atoms with Crippen molar-refractivity contribution in [3.63, 3.8) is 0 Å². The van der Waals surface area contributed by atoms with E-state index in [2.05, 4.69) is 15.9 Å². The average molecular weight is 342 g/mol. The van der Waals surface area contributed by atoms with E-state index in [1.54, 1.807) is 7.11 Å². The van der Waals surface area contributed by atoms with Crippen LogP contribution in [0.5, 0.6) is 11.5 Å². The van der Waals surface area contributed by atoms with Crippen molar-refractivity contribution in [3.05, 3.63) is 58.1 Å². The maximum Gasteiger partial charge on any atom is 0.125 e. The molecule has 0 aliphatic rings. The molecule has 19 heavy (non-hydrogen) atoms. The standard InChI is InChI=1S/C15H14BrClO2/c1-18-15-5-3-2-4-11(15)10-19-13-6-7-14(16)12(8-13)9-17/h2-8H,9-10H2,1H3. The summed E-state index contributed by atoms with van der Waals surface area (Å²) in [6.07, 6.45) is 0. The summed E-state index contributed by atoms with van der Waals surface area (Å²) < 4.78 is 12.1. The Morgan fingerprint density at radius 2 is 1.89 bits per heavy atom. The summed E-state index contributed by atoms with van der Waals surface area (Å²) in [6.45, 7) is 0.466. The summed E-state index contributed by atoms with van der Waals surface area (Å²) in [6, 6.07) is 13.6. The van der Waals surface area contributed by atoms with Gasteiger partial charge in [-0.3, -0.25) is 0 Å². The average Bonchev–Trinajstić information content (AvgIpc) is 2.46. The molecule has 0 N–H and O–H groups in total. The van der Waals surface area contributed by atoms with Gasteiger partial charge in [-0.05, 0) is 29.8 Å². The second-order valence-corrected chi connectivity index (χ2v) is 5.11. The quantitative estimate of drug-likeness (QED) is 0.729. The molecule has 100 valence electrons. The number of alkyl halides is 1. The molecule has 0 atom stereocenters. The summed E-state index contributed by atoms with van der Waals surface area (Å²) >= 11 is 9.31. The van der Waals surface area contributed by atoms with Gasteiger partial charge in [-0.25, -0.2) is 0 Å². The van der Waals surface area contributed by atoms with E-state index in [1.165, 1.54) is 0 Å². The predicted octanol–water partition coefficient (Wildman–Crippen LogP) is 4.78. The van der Waals surface area contributed by atoms with Crippen molar-refractivity contribution in [1.82, 2.24) is 0 Å². The van der Waals surface area contributed by atoms with Crippen molar-refractivity contribution >= 4 is 27.5 Å².